The molecule has 96 valence electrons. The van der Waals surface area contributed by atoms with E-state index >= 15 is 0 Å². The minimum atomic E-state index is -0.662. The number of halogens is 1. The van der Waals surface area contributed by atoms with Gasteiger partial charge in [-0.25, -0.2) is 0 Å². The molecule has 0 aliphatic carbocycles. The smallest absolute Gasteiger partial charge is 0.108 e. The van der Waals surface area contributed by atoms with Crippen LogP contribution in [0.5, 0.6) is 0 Å². The van der Waals surface area contributed by atoms with Crippen molar-refractivity contribution in [2.24, 2.45) is 0 Å². The summed E-state index contributed by atoms with van der Waals surface area (Å²) >= 11 is 6.08. The Kier molecular flexibility index (Phi) is 4.99. The van der Waals surface area contributed by atoms with Gasteiger partial charge in [-0.2, -0.15) is 0 Å². The fraction of sp³-hybridized carbons (Fsp3) is 0.571. The zero-order valence-electron chi connectivity index (χ0n) is 11.0. The van der Waals surface area contributed by atoms with Crippen molar-refractivity contribution in [2.45, 2.75) is 45.8 Å². The number of hydrogen-bond acceptors (Lipinski definition) is 2. The lowest BCUT2D eigenvalue weighted by Crippen LogP contribution is -2.35. The largest absolute Gasteiger partial charge is 0.385 e. The molecule has 0 aromatic heterocycles. The van der Waals surface area contributed by atoms with Gasteiger partial charge >= 0.3 is 0 Å². The third-order valence-electron chi connectivity index (χ3n) is 3.27. The highest BCUT2D eigenvalue weighted by molar-refractivity contribution is 6.31. The molecule has 17 heavy (non-hydrogen) atoms. The van der Waals surface area contributed by atoms with Crippen molar-refractivity contribution in [1.82, 2.24) is 0 Å². The topological polar surface area (TPSA) is 29.5 Å². The van der Waals surface area contributed by atoms with Gasteiger partial charge in [0.1, 0.15) is 6.10 Å². The van der Waals surface area contributed by atoms with E-state index in [2.05, 4.69) is 0 Å². The molecule has 2 atom stereocenters. The normalized spacial score (nSPS) is 16.6. The molecule has 1 N–H and O–H groups in total. The maximum absolute atomic E-state index is 10.4. The molecule has 0 spiro atoms. The Labute approximate surface area is 109 Å². The monoisotopic (exact) mass is 256 g/mol. The van der Waals surface area contributed by atoms with E-state index in [-0.39, 0.29) is 0 Å². The Morgan fingerprint density at radius 3 is 2.53 bits per heavy atom. The van der Waals surface area contributed by atoms with E-state index in [9.17, 15) is 5.11 Å². The highest BCUT2D eigenvalue weighted by atomic mass is 35.5. The number of hydrogen-bond donors (Lipinski definition) is 1. The SMILES string of the molecule is CCOC(C)(CC)C(O)c1ccc(C)c(Cl)c1. The van der Waals surface area contributed by atoms with Crippen LogP contribution < -0.4 is 0 Å². The van der Waals surface area contributed by atoms with E-state index < -0.39 is 11.7 Å². The Bertz CT molecular complexity index is 378. The molecule has 0 aliphatic rings. The summed E-state index contributed by atoms with van der Waals surface area (Å²) in [5.74, 6) is 0. The van der Waals surface area contributed by atoms with Crippen LogP contribution in [0.4, 0.5) is 0 Å². The van der Waals surface area contributed by atoms with Gasteiger partial charge in [-0.3, -0.25) is 0 Å². The van der Waals surface area contributed by atoms with Crippen LogP contribution in [0, 0.1) is 6.92 Å². The average molecular weight is 257 g/mol. The predicted octanol–water partition coefficient (Wildman–Crippen LogP) is 3.89. The second-order valence-electron chi connectivity index (χ2n) is 4.51. The van der Waals surface area contributed by atoms with Gasteiger partial charge < -0.3 is 9.84 Å². The molecular formula is C14H21ClO2. The Balaban J connectivity index is 3.01. The second kappa shape index (κ2) is 5.85. The Hall–Kier alpha value is -0.570. The lowest BCUT2D eigenvalue weighted by molar-refractivity contribution is -0.113. The van der Waals surface area contributed by atoms with Crippen LogP contribution in [0.15, 0.2) is 18.2 Å². The molecule has 0 radical (unpaired) electrons. The van der Waals surface area contributed by atoms with E-state index in [4.69, 9.17) is 16.3 Å². The quantitative estimate of drug-likeness (QED) is 0.866. The van der Waals surface area contributed by atoms with Crippen molar-refractivity contribution < 1.29 is 9.84 Å². The number of aliphatic hydroxyl groups excluding tert-OH is 1. The first-order valence-electron chi connectivity index (χ1n) is 6.02. The molecule has 1 aromatic rings. The summed E-state index contributed by atoms with van der Waals surface area (Å²) in [5.41, 5.74) is 1.25. The second-order valence-corrected chi connectivity index (χ2v) is 4.92. The van der Waals surface area contributed by atoms with Crippen molar-refractivity contribution in [2.75, 3.05) is 6.61 Å². The molecule has 0 amide bonds. The molecule has 3 heteroatoms. The third kappa shape index (κ3) is 3.21. The van der Waals surface area contributed by atoms with E-state index in [1.54, 1.807) is 0 Å². The highest BCUT2D eigenvalue weighted by Crippen LogP contribution is 2.33. The lowest BCUT2D eigenvalue weighted by atomic mass is 9.90. The first-order chi connectivity index (χ1) is 7.94. The summed E-state index contributed by atoms with van der Waals surface area (Å²) in [6.45, 7) is 8.40. The van der Waals surface area contributed by atoms with E-state index in [0.717, 1.165) is 17.5 Å². The van der Waals surface area contributed by atoms with Crippen molar-refractivity contribution in [1.29, 1.82) is 0 Å². The maximum atomic E-state index is 10.4. The molecule has 2 nitrogen and oxygen atoms in total. The molecule has 0 aliphatic heterocycles. The van der Waals surface area contributed by atoms with Gasteiger partial charge in [-0.05, 0) is 44.4 Å². The van der Waals surface area contributed by atoms with E-state index in [1.165, 1.54) is 0 Å². The number of aliphatic hydroxyl groups is 1. The molecule has 0 fully saturated rings. The summed E-state index contributed by atoms with van der Waals surface area (Å²) < 4.78 is 5.67. The number of benzene rings is 1. The number of ether oxygens (including phenoxy) is 1. The Morgan fingerprint density at radius 1 is 1.41 bits per heavy atom. The molecule has 0 saturated heterocycles. The Morgan fingerprint density at radius 2 is 2.06 bits per heavy atom. The molecule has 0 heterocycles. The minimum absolute atomic E-state index is 0.562. The zero-order chi connectivity index (χ0) is 13.1. The van der Waals surface area contributed by atoms with Crippen LogP contribution in [0.25, 0.3) is 0 Å². The van der Waals surface area contributed by atoms with Gasteiger partial charge in [0.25, 0.3) is 0 Å². The van der Waals surface area contributed by atoms with Crippen LogP contribution in [-0.2, 0) is 4.74 Å². The molecule has 1 rings (SSSR count). The molecule has 0 saturated carbocycles. The van der Waals surface area contributed by atoms with Gasteiger partial charge in [0.05, 0.1) is 5.60 Å². The van der Waals surface area contributed by atoms with Gasteiger partial charge in [0.15, 0.2) is 0 Å². The van der Waals surface area contributed by atoms with Crippen molar-refractivity contribution in [3.63, 3.8) is 0 Å². The van der Waals surface area contributed by atoms with Crippen LogP contribution in [-0.4, -0.2) is 17.3 Å². The minimum Gasteiger partial charge on any atom is -0.385 e. The van der Waals surface area contributed by atoms with Crippen LogP contribution in [0.1, 0.15) is 44.4 Å². The summed E-state index contributed by atoms with van der Waals surface area (Å²) in [6, 6.07) is 5.64. The summed E-state index contributed by atoms with van der Waals surface area (Å²) in [6.07, 6.45) is 0.0820. The first-order valence-corrected chi connectivity index (χ1v) is 6.40. The van der Waals surface area contributed by atoms with Gasteiger partial charge in [0.2, 0.25) is 0 Å². The van der Waals surface area contributed by atoms with Crippen molar-refractivity contribution in [3.8, 4) is 0 Å². The van der Waals surface area contributed by atoms with E-state index in [1.807, 2.05) is 45.9 Å². The molecule has 1 aromatic carbocycles. The molecule has 2 unspecified atom stereocenters. The average Bonchev–Trinajstić information content (AvgIpc) is 2.32. The van der Waals surface area contributed by atoms with Crippen LogP contribution >= 0.6 is 11.6 Å². The zero-order valence-corrected chi connectivity index (χ0v) is 11.7. The third-order valence-corrected chi connectivity index (χ3v) is 3.67. The molecule has 0 bridgehead atoms. The fourth-order valence-electron chi connectivity index (χ4n) is 1.84. The van der Waals surface area contributed by atoms with Crippen LogP contribution in [0.3, 0.4) is 0 Å². The standard InChI is InChI=1S/C14H21ClO2/c1-5-14(4,17-6-2)13(16)11-8-7-10(3)12(15)9-11/h7-9,13,16H,5-6H2,1-4H3. The number of aryl methyl sites for hydroxylation is 1. The fourth-order valence-corrected chi connectivity index (χ4v) is 2.02. The van der Waals surface area contributed by atoms with E-state index in [0.29, 0.717) is 11.6 Å². The highest BCUT2D eigenvalue weighted by Gasteiger charge is 2.33. The number of rotatable bonds is 5. The van der Waals surface area contributed by atoms with Crippen molar-refractivity contribution >= 4 is 11.6 Å². The van der Waals surface area contributed by atoms with Crippen LogP contribution in [0.2, 0.25) is 5.02 Å². The molecular weight excluding hydrogens is 236 g/mol. The van der Waals surface area contributed by atoms with Gasteiger partial charge in [0, 0.05) is 11.6 Å². The van der Waals surface area contributed by atoms with Gasteiger partial charge in [-0.1, -0.05) is 30.7 Å². The predicted molar refractivity (Wildman–Crippen MR) is 71.5 cm³/mol. The van der Waals surface area contributed by atoms with Crippen molar-refractivity contribution in [3.05, 3.63) is 34.3 Å². The van der Waals surface area contributed by atoms with Gasteiger partial charge in [-0.15, -0.1) is 0 Å². The summed E-state index contributed by atoms with van der Waals surface area (Å²) in [5, 5.41) is 11.1. The summed E-state index contributed by atoms with van der Waals surface area (Å²) in [7, 11) is 0. The summed E-state index contributed by atoms with van der Waals surface area (Å²) in [4.78, 5) is 0. The maximum Gasteiger partial charge on any atom is 0.108 e. The first kappa shape index (κ1) is 14.5. The lowest BCUT2D eigenvalue weighted by Gasteiger charge is -2.33.